The molecule has 0 amide bonds. The van der Waals surface area contributed by atoms with Gasteiger partial charge in [-0.05, 0) is 64.5 Å². The molecule has 2 aliphatic carbocycles. The molecule has 2 aromatic heterocycles. The third-order valence-corrected chi connectivity index (χ3v) is 12.3. The summed E-state index contributed by atoms with van der Waals surface area (Å²) in [6, 6.07) is 60.8. The number of hydrogen-bond acceptors (Lipinski definition) is 6. The first-order valence-electron chi connectivity index (χ1n) is 20.6. The molecule has 0 radical (unpaired) electrons. The van der Waals surface area contributed by atoms with Gasteiger partial charge in [-0.15, -0.1) is 0 Å². The minimum Gasteiger partial charge on any atom is -0.208 e. The van der Waals surface area contributed by atoms with E-state index in [4.69, 9.17) is 29.9 Å². The average Bonchev–Trinajstić information content (AvgIpc) is 3.97. The first-order chi connectivity index (χ1) is 29.2. The van der Waals surface area contributed by atoms with Gasteiger partial charge in [0, 0.05) is 33.4 Å². The van der Waals surface area contributed by atoms with Crippen molar-refractivity contribution in [3.8, 4) is 79.5 Å². The van der Waals surface area contributed by atoms with E-state index in [2.05, 4.69) is 91.0 Å². The van der Waals surface area contributed by atoms with Crippen LogP contribution >= 0.6 is 0 Å². The quantitative estimate of drug-likeness (QED) is 0.153. The van der Waals surface area contributed by atoms with E-state index in [9.17, 15) is 0 Å². The van der Waals surface area contributed by atoms with Crippen LogP contribution in [0.1, 0.15) is 37.2 Å². The van der Waals surface area contributed by atoms with E-state index >= 15 is 0 Å². The SMILES string of the molecule is c1ccc(-c2nc(-c3ccc(-c4nc(-c5ccccc5)nc(-c5ccc(C6CC7CCC6C7)cc5)n4)cc3)nc(-c3ccc(-c4cccc5ccccc45)cc3)n2)cc1. The highest BCUT2D eigenvalue weighted by Crippen LogP contribution is 2.53. The number of aromatic nitrogens is 6. The minimum atomic E-state index is 0.593. The molecule has 0 aliphatic heterocycles. The molecule has 2 aliphatic rings. The molecule has 0 saturated heterocycles. The van der Waals surface area contributed by atoms with Crippen molar-refractivity contribution in [2.45, 2.75) is 31.6 Å². The van der Waals surface area contributed by atoms with Crippen molar-refractivity contribution >= 4 is 10.8 Å². The molecule has 2 saturated carbocycles. The monoisotopic (exact) mass is 760 g/mol. The van der Waals surface area contributed by atoms with Crippen molar-refractivity contribution in [1.29, 1.82) is 0 Å². The fourth-order valence-electron chi connectivity index (χ4n) is 9.28. The number of rotatable bonds is 8. The molecular formula is C53H40N6. The Morgan fingerprint density at radius 2 is 0.729 bits per heavy atom. The Morgan fingerprint density at radius 1 is 0.322 bits per heavy atom. The highest BCUT2D eigenvalue weighted by Gasteiger charge is 2.40. The summed E-state index contributed by atoms with van der Waals surface area (Å²) in [6.07, 6.45) is 5.50. The molecule has 59 heavy (non-hydrogen) atoms. The Kier molecular flexibility index (Phi) is 8.88. The molecular weight excluding hydrogens is 721 g/mol. The largest absolute Gasteiger partial charge is 0.208 e. The van der Waals surface area contributed by atoms with Gasteiger partial charge in [-0.25, -0.2) is 29.9 Å². The predicted molar refractivity (Wildman–Crippen MR) is 237 cm³/mol. The summed E-state index contributed by atoms with van der Waals surface area (Å²) >= 11 is 0. The van der Waals surface area contributed by atoms with Gasteiger partial charge in [0.1, 0.15) is 0 Å². The van der Waals surface area contributed by atoms with Crippen molar-refractivity contribution in [3.05, 3.63) is 181 Å². The van der Waals surface area contributed by atoms with Gasteiger partial charge in [-0.1, -0.05) is 182 Å². The van der Waals surface area contributed by atoms with Crippen LogP contribution in [0.5, 0.6) is 0 Å². The maximum absolute atomic E-state index is 5.06. The van der Waals surface area contributed by atoms with Crippen LogP contribution in [0.25, 0.3) is 90.2 Å². The second-order valence-corrected chi connectivity index (χ2v) is 15.9. The van der Waals surface area contributed by atoms with E-state index in [0.29, 0.717) is 40.9 Å². The van der Waals surface area contributed by atoms with E-state index in [0.717, 1.165) is 50.8 Å². The normalized spacial score (nSPS) is 17.1. The standard InChI is InChI=1S/C53H40N6/c1-3-11-38(12-4-1)48-54-50(40-24-20-36(21-25-40)46-17-9-15-35-10-7-8-16-45(35)46)58-52(56-48)42-28-30-43(31-29-42)53-57-49(39-13-5-2-6-14-39)55-51(59-53)41-26-22-37(23-27-41)47-33-34-18-19-44(47)32-34/h1-17,20-31,34,44,47H,18-19,32-33H2. The molecule has 0 spiro atoms. The zero-order valence-electron chi connectivity index (χ0n) is 32.5. The van der Waals surface area contributed by atoms with Crippen LogP contribution in [0, 0.1) is 11.8 Å². The Morgan fingerprint density at radius 3 is 1.19 bits per heavy atom. The third-order valence-electron chi connectivity index (χ3n) is 12.3. The minimum absolute atomic E-state index is 0.593. The molecule has 3 atom stereocenters. The maximum atomic E-state index is 5.06. The van der Waals surface area contributed by atoms with Crippen LogP contribution in [0.15, 0.2) is 176 Å². The molecule has 2 fully saturated rings. The first kappa shape index (κ1) is 35.0. The van der Waals surface area contributed by atoms with Crippen molar-refractivity contribution in [2.75, 3.05) is 0 Å². The summed E-state index contributed by atoms with van der Waals surface area (Å²) in [4.78, 5) is 30.1. The summed E-state index contributed by atoms with van der Waals surface area (Å²) in [5.74, 6) is 6.18. The van der Waals surface area contributed by atoms with E-state index in [1.165, 1.54) is 47.6 Å². The molecule has 9 aromatic rings. The summed E-state index contributed by atoms with van der Waals surface area (Å²) in [5, 5.41) is 2.45. The number of nitrogens with zero attached hydrogens (tertiary/aromatic N) is 6. The van der Waals surface area contributed by atoms with Gasteiger partial charge in [0.25, 0.3) is 0 Å². The van der Waals surface area contributed by atoms with Crippen molar-refractivity contribution in [3.63, 3.8) is 0 Å². The molecule has 7 aromatic carbocycles. The van der Waals surface area contributed by atoms with Gasteiger partial charge in [-0.3, -0.25) is 0 Å². The number of fused-ring (bicyclic) bond motifs is 3. The van der Waals surface area contributed by atoms with Crippen LogP contribution in [-0.4, -0.2) is 29.9 Å². The topological polar surface area (TPSA) is 77.3 Å². The first-order valence-corrected chi connectivity index (χ1v) is 20.6. The molecule has 2 heterocycles. The molecule has 282 valence electrons. The molecule has 6 nitrogen and oxygen atoms in total. The van der Waals surface area contributed by atoms with Gasteiger partial charge in [0.2, 0.25) is 0 Å². The average molecular weight is 761 g/mol. The Hall–Kier alpha value is -7.18. The summed E-state index contributed by atoms with van der Waals surface area (Å²) < 4.78 is 0. The molecule has 6 heteroatoms. The lowest BCUT2D eigenvalue weighted by molar-refractivity contribution is 0.420. The predicted octanol–water partition coefficient (Wildman–Crippen LogP) is 12.8. The van der Waals surface area contributed by atoms with Gasteiger partial charge in [-0.2, -0.15) is 0 Å². The second-order valence-electron chi connectivity index (χ2n) is 15.9. The maximum Gasteiger partial charge on any atom is 0.164 e. The summed E-state index contributed by atoms with van der Waals surface area (Å²) in [7, 11) is 0. The van der Waals surface area contributed by atoms with E-state index in [-0.39, 0.29) is 0 Å². The van der Waals surface area contributed by atoms with Crippen LogP contribution in [0.3, 0.4) is 0 Å². The number of benzene rings is 7. The Balaban J connectivity index is 0.939. The zero-order chi connectivity index (χ0) is 39.1. The molecule has 11 rings (SSSR count). The van der Waals surface area contributed by atoms with E-state index < -0.39 is 0 Å². The van der Waals surface area contributed by atoms with Crippen LogP contribution in [0.4, 0.5) is 0 Å². The molecule has 2 bridgehead atoms. The van der Waals surface area contributed by atoms with Gasteiger partial charge < -0.3 is 0 Å². The zero-order valence-corrected chi connectivity index (χ0v) is 32.5. The van der Waals surface area contributed by atoms with Gasteiger partial charge in [0.15, 0.2) is 34.9 Å². The highest BCUT2D eigenvalue weighted by atomic mass is 15.0. The third kappa shape index (κ3) is 6.87. The van der Waals surface area contributed by atoms with Gasteiger partial charge in [0.05, 0.1) is 0 Å². The lowest BCUT2D eigenvalue weighted by Crippen LogP contribution is -2.08. The summed E-state index contributed by atoms with van der Waals surface area (Å²) in [5.41, 5.74) is 9.32. The smallest absolute Gasteiger partial charge is 0.164 e. The van der Waals surface area contributed by atoms with Gasteiger partial charge >= 0.3 is 0 Å². The van der Waals surface area contributed by atoms with E-state index in [1.54, 1.807) is 0 Å². The Bertz CT molecular complexity index is 2920. The lowest BCUT2D eigenvalue weighted by atomic mass is 9.83. The highest BCUT2D eigenvalue weighted by molar-refractivity contribution is 5.96. The van der Waals surface area contributed by atoms with Crippen LogP contribution < -0.4 is 0 Å². The second kappa shape index (κ2) is 15.0. The van der Waals surface area contributed by atoms with Crippen LogP contribution in [-0.2, 0) is 0 Å². The Labute approximate surface area is 343 Å². The van der Waals surface area contributed by atoms with Crippen molar-refractivity contribution < 1.29 is 0 Å². The fourth-order valence-corrected chi connectivity index (χ4v) is 9.28. The number of hydrogen-bond donors (Lipinski definition) is 0. The van der Waals surface area contributed by atoms with Crippen molar-refractivity contribution in [2.24, 2.45) is 11.8 Å². The lowest BCUT2D eigenvalue weighted by Gasteiger charge is -2.22. The summed E-state index contributed by atoms with van der Waals surface area (Å²) in [6.45, 7) is 0. The van der Waals surface area contributed by atoms with E-state index in [1.807, 2.05) is 84.9 Å². The fraction of sp³-hybridized carbons (Fsp3) is 0.132. The molecule has 3 unspecified atom stereocenters. The van der Waals surface area contributed by atoms with Crippen molar-refractivity contribution in [1.82, 2.24) is 29.9 Å². The van der Waals surface area contributed by atoms with Crippen LogP contribution in [0.2, 0.25) is 0 Å². The molecule has 0 N–H and O–H groups in total.